The third-order valence-corrected chi connectivity index (χ3v) is 3.74. The second kappa shape index (κ2) is 8.30. The van der Waals surface area contributed by atoms with Crippen LogP contribution in [0.15, 0.2) is 18.2 Å². The molecule has 6 heteroatoms. The van der Waals surface area contributed by atoms with Crippen molar-refractivity contribution in [2.24, 2.45) is 0 Å². The molecule has 0 spiro atoms. The minimum atomic E-state index is -0.0805. The maximum absolute atomic E-state index is 12.5. The Hall–Kier alpha value is -2.39. The molecule has 2 amide bonds. The molecule has 0 unspecified atom stereocenters. The summed E-state index contributed by atoms with van der Waals surface area (Å²) in [5.41, 5.74) is 1.31. The highest BCUT2D eigenvalue weighted by molar-refractivity contribution is 5.92. The molecule has 23 heavy (non-hydrogen) atoms. The Labute approximate surface area is 136 Å². The third-order valence-electron chi connectivity index (χ3n) is 3.74. The summed E-state index contributed by atoms with van der Waals surface area (Å²) in [5, 5.41) is 2.66. The topological polar surface area (TPSA) is 65.5 Å². The van der Waals surface area contributed by atoms with Gasteiger partial charge in [0.1, 0.15) is 5.69 Å². The largest absolute Gasteiger partial charge is 0.344 e. The van der Waals surface area contributed by atoms with Crippen molar-refractivity contribution in [2.75, 3.05) is 39.3 Å². The van der Waals surface area contributed by atoms with Crippen LogP contribution in [0.4, 0.5) is 0 Å². The molecule has 0 atom stereocenters. The summed E-state index contributed by atoms with van der Waals surface area (Å²) in [7, 11) is 0. The molecule has 122 valence electrons. The van der Waals surface area contributed by atoms with Gasteiger partial charge in [-0.1, -0.05) is 12.0 Å². The number of carbonyl (C=O) groups is 2. The van der Waals surface area contributed by atoms with Gasteiger partial charge < -0.3 is 10.2 Å². The highest BCUT2D eigenvalue weighted by atomic mass is 16.2. The Morgan fingerprint density at radius 3 is 2.87 bits per heavy atom. The van der Waals surface area contributed by atoms with E-state index in [9.17, 15) is 9.59 Å². The Morgan fingerprint density at radius 2 is 2.13 bits per heavy atom. The number of pyridine rings is 1. The van der Waals surface area contributed by atoms with Crippen molar-refractivity contribution < 1.29 is 9.59 Å². The van der Waals surface area contributed by atoms with Gasteiger partial charge in [0.25, 0.3) is 5.91 Å². The minimum absolute atomic E-state index is 0.0488. The smallest absolute Gasteiger partial charge is 0.272 e. The quantitative estimate of drug-likeness (QED) is 0.811. The lowest BCUT2D eigenvalue weighted by Crippen LogP contribution is -2.40. The van der Waals surface area contributed by atoms with Crippen molar-refractivity contribution in [1.82, 2.24) is 20.1 Å². The molecule has 2 heterocycles. The number of hydrogen-bond acceptors (Lipinski definition) is 4. The molecule has 0 aromatic carbocycles. The van der Waals surface area contributed by atoms with E-state index in [2.05, 4.69) is 16.2 Å². The monoisotopic (exact) mass is 314 g/mol. The molecule has 1 saturated heterocycles. The molecule has 2 rings (SSSR count). The maximum atomic E-state index is 12.5. The number of rotatable bonds is 4. The van der Waals surface area contributed by atoms with Crippen molar-refractivity contribution in [3.8, 4) is 12.3 Å². The number of carbonyl (C=O) groups excluding carboxylic acids is 2. The van der Waals surface area contributed by atoms with E-state index in [-0.39, 0.29) is 18.4 Å². The molecule has 1 aliphatic heterocycles. The SMILES string of the molecule is C#CCNC(=O)CN1CCCN(C(=O)c2cccc(C)n2)CC1. The van der Waals surface area contributed by atoms with Gasteiger partial charge in [-0.2, -0.15) is 0 Å². The van der Waals surface area contributed by atoms with E-state index >= 15 is 0 Å². The second-order valence-electron chi connectivity index (χ2n) is 5.57. The Kier molecular flexibility index (Phi) is 6.12. The average Bonchev–Trinajstić information content (AvgIpc) is 2.78. The van der Waals surface area contributed by atoms with Gasteiger partial charge in [0.2, 0.25) is 5.91 Å². The van der Waals surface area contributed by atoms with E-state index in [1.807, 2.05) is 24.0 Å². The van der Waals surface area contributed by atoms with Gasteiger partial charge >= 0.3 is 0 Å². The lowest BCUT2D eigenvalue weighted by atomic mass is 10.2. The van der Waals surface area contributed by atoms with Gasteiger partial charge in [-0.05, 0) is 25.5 Å². The summed E-state index contributed by atoms with van der Waals surface area (Å²) in [6.45, 7) is 5.15. The van der Waals surface area contributed by atoms with Gasteiger partial charge in [-0.3, -0.25) is 14.5 Å². The van der Waals surface area contributed by atoms with Crippen LogP contribution >= 0.6 is 0 Å². The fourth-order valence-corrected chi connectivity index (χ4v) is 2.56. The molecule has 1 aromatic heterocycles. The first-order chi connectivity index (χ1) is 11.1. The summed E-state index contributed by atoms with van der Waals surface area (Å²) in [4.78, 5) is 32.4. The third kappa shape index (κ3) is 5.08. The molecule has 6 nitrogen and oxygen atoms in total. The molecular formula is C17H22N4O2. The van der Waals surface area contributed by atoms with Gasteiger partial charge in [0.05, 0.1) is 13.1 Å². The van der Waals surface area contributed by atoms with Crippen LogP contribution in [0.1, 0.15) is 22.6 Å². The van der Waals surface area contributed by atoms with E-state index in [1.165, 1.54) is 0 Å². The fourth-order valence-electron chi connectivity index (χ4n) is 2.56. The average molecular weight is 314 g/mol. The standard InChI is InChI=1S/C17H22N4O2/c1-3-8-18-16(22)13-20-9-5-10-21(12-11-20)17(23)15-7-4-6-14(2)19-15/h1,4,6-7H,5,8-13H2,2H3,(H,18,22). The molecule has 1 N–H and O–H groups in total. The van der Waals surface area contributed by atoms with E-state index < -0.39 is 0 Å². The minimum Gasteiger partial charge on any atom is -0.344 e. The molecule has 0 saturated carbocycles. The molecule has 1 fully saturated rings. The molecule has 1 aromatic rings. The number of amides is 2. The number of nitrogens with one attached hydrogen (secondary N) is 1. The van der Waals surface area contributed by atoms with Crippen LogP contribution in [-0.4, -0.2) is 65.9 Å². The normalized spacial score (nSPS) is 15.6. The van der Waals surface area contributed by atoms with Gasteiger partial charge in [-0.25, -0.2) is 4.98 Å². The lowest BCUT2D eigenvalue weighted by Gasteiger charge is -2.21. The second-order valence-corrected chi connectivity index (χ2v) is 5.57. The van der Waals surface area contributed by atoms with Crippen LogP contribution in [0.2, 0.25) is 0 Å². The zero-order valence-electron chi connectivity index (χ0n) is 13.4. The summed E-state index contributed by atoms with van der Waals surface area (Å²) >= 11 is 0. The Bertz CT molecular complexity index is 609. The van der Waals surface area contributed by atoms with Crippen LogP contribution < -0.4 is 5.32 Å². The van der Waals surface area contributed by atoms with Crippen LogP contribution in [0.5, 0.6) is 0 Å². The first kappa shape index (κ1) is 17.0. The molecule has 0 bridgehead atoms. The molecule has 0 aliphatic carbocycles. The van der Waals surface area contributed by atoms with Crippen molar-refractivity contribution in [3.63, 3.8) is 0 Å². The number of aromatic nitrogens is 1. The van der Waals surface area contributed by atoms with Crippen LogP contribution in [-0.2, 0) is 4.79 Å². The Balaban J connectivity index is 1.89. The van der Waals surface area contributed by atoms with E-state index in [4.69, 9.17) is 6.42 Å². The summed E-state index contributed by atoms with van der Waals surface area (Å²) in [6, 6.07) is 5.45. The predicted molar refractivity (Wildman–Crippen MR) is 87.8 cm³/mol. The van der Waals surface area contributed by atoms with E-state index in [0.29, 0.717) is 31.9 Å². The Morgan fingerprint density at radius 1 is 1.30 bits per heavy atom. The number of hydrogen-bond donors (Lipinski definition) is 1. The van der Waals surface area contributed by atoms with E-state index in [0.717, 1.165) is 18.7 Å². The van der Waals surface area contributed by atoms with Crippen LogP contribution in [0, 0.1) is 19.3 Å². The fraction of sp³-hybridized carbons (Fsp3) is 0.471. The molecule has 1 aliphatic rings. The van der Waals surface area contributed by atoms with Crippen molar-refractivity contribution in [3.05, 3.63) is 29.6 Å². The number of nitrogens with zero attached hydrogens (tertiary/aromatic N) is 3. The molecular weight excluding hydrogens is 292 g/mol. The first-order valence-corrected chi connectivity index (χ1v) is 7.75. The van der Waals surface area contributed by atoms with Gasteiger partial charge in [-0.15, -0.1) is 6.42 Å². The van der Waals surface area contributed by atoms with Gasteiger partial charge in [0, 0.05) is 31.9 Å². The van der Waals surface area contributed by atoms with Crippen molar-refractivity contribution in [2.45, 2.75) is 13.3 Å². The zero-order chi connectivity index (χ0) is 16.7. The van der Waals surface area contributed by atoms with Crippen LogP contribution in [0.25, 0.3) is 0 Å². The lowest BCUT2D eigenvalue weighted by molar-refractivity contribution is -0.121. The van der Waals surface area contributed by atoms with Gasteiger partial charge in [0.15, 0.2) is 0 Å². The highest BCUT2D eigenvalue weighted by Crippen LogP contribution is 2.08. The predicted octanol–water partition coefficient (Wildman–Crippen LogP) is 0.287. The van der Waals surface area contributed by atoms with Crippen molar-refractivity contribution in [1.29, 1.82) is 0 Å². The summed E-state index contributed by atoms with van der Waals surface area (Å²) in [5.74, 6) is 2.25. The molecule has 0 radical (unpaired) electrons. The van der Waals surface area contributed by atoms with Crippen LogP contribution in [0.3, 0.4) is 0 Å². The first-order valence-electron chi connectivity index (χ1n) is 7.75. The summed E-state index contributed by atoms with van der Waals surface area (Å²) < 4.78 is 0. The maximum Gasteiger partial charge on any atom is 0.272 e. The van der Waals surface area contributed by atoms with Crippen molar-refractivity contribution >= 4 is 11.8 Å². The number of terminal acetylenes is 1. The summed E-state index contributed by atoms with van der Waals surface area (Å²) in [6.07, 6.45) is 5.96. The highest BCUT2D eigenvalue weighted by Gasteiger charge is 2.22. The number of aryl methyl sites for hydroxylation is 1. The zero-order valence-corrected chi connectivity index (χ0v) is 13.4. The van der Waals surface area contributed by atoms with E-state index in [1.54, 1.807) is 11.0 Å².